The molecule has 0 spiro atoms. The van der Waals surface area contributed by atoms with Crippen molar-refractivity contribution in [3.8, 4) is 11.1 Å². The van der Waals surface area contributed by atoms with Gasteiger partial charge in [-0.05, 0) is 31.4 Å². The first-order valence-corrected chi connectivity index (χ1v) is 8.09. The molecule has 1 aromatic carbocycles. The van der Waals surface area contributed by atoms with Gasteiger partial charge in [0.25, 0.3) is 5.91 Å². The van der Waals surface area contributed by atoms with Crippen molar-refractivity contribution in [3.63, 3.8) is 0 Å². The second-order valence-electron chi connectivity index (χ2n) is 6.26. The molecule has 0 bridgehead atoms. The standard InChI is InChI=1S/C19H20N2O3/c1-13-4-2-5-14(8-13)16-9-17(11-20-10-16)18(22)21-7-3-6-15(12-21)19(23)24/h2,4-5,8-11,15H,3,6-7,12H2,1H3,(H,23,24)/t15-/m0/s1. The lowest BCUT2D eigenvalue weighted by Crippen LogP contribution is -2.42. The molecule has 0 saturated carbocycles. The number of nitrogens with zero attached hydrogens (tertiary/aromatic N) is 2. The Kier molecular flexibility index (Phi) is 4.60. The van der Waals surface area contributed by atoms with Gasteiger partial charge < -0.3 is 10.0 Å². The second-order valence-corrected chi connectivity index (χ2v) is 6.26. The number of piperidine rings is 1. The number of carboxylic acid groups (broad SMARTS) is 1. The van der Waals surface area contributed by atoms with Crippen molar-refractivity contribution in [1.82, 2.24) is 9.88 Å². The van der Waals surface area contributed by atoms with Crippen LogP contribution in [0.3, 0.4) is 0 Å². The Bertz CT molecular complexity index is 773. The average molecular weight is 324 g/mol. The molecule has 24 heavy (non-hydrogen) atoms. The first-order valence-electron chi connectivity index (χ1n) is 8.09. The zero-order chi connectivity index (χ0) is 17.1. The molecule has 1 saturated heterocycles. The highest BCUT2D eigenvalue weighted by Crippen LogP contribution is 2.23. The Labute approximate surface area is 140 Å². The zero-order valence-electron chi connectivity index (χ0n) is 13.6. The Hall–Kier alpha value is -2.69. The van der Waals surface area contributed by atoms with E-state index in [0.717, 1.165) is 16.7 Å². The summed E-state index contributed by atoms with van der Waals surface area (Å²) in [6.45, 7) is 2.88. The highest BCUT2D eigenvalue weighted by molar-refractivity contribution is 5.95. The third-order valence-corrected chi connectivity index (χ3v) is 4.39. The van der Waals surface area contributed by atoms with Gasteiger partial charge in [0, 0.05) is 31.0 Å². The van der Waals surface area contributed by atoms with E-state index in [1.165, 1.54) is 0 Å². The van der Waals surface area contributed by atoms with E-state index in [-0.39, 0.29) is 12.5 Å². The molecule has 5 heteroatoms. The molecule has 2 aromatic rings. The Morgan fingerprint density at radius 3 is 2.79 bits per heavy atom. The average Bonchev–Trinajstić information content (AvgIpc) is 2.61. The van der Waals surface area contributed by atoms with Gasteiger partial charge in [-0.1, -0.05) is 29.8 Å². The van der Waals surface area contributed by atoms with Crippen molar-refractivity contribution in [3.05, 3.63) is 53.9 Å². The van der Waals surface area contributed by atoms with Gasteiger partial charge in [0.2, 0.25) is 0 Å². The monoisotopic (exact) mass is 324 g/mol. The molecule has 5 nitrogen and oxygen atoms in total. The van der Waals surface area contributed by atoms with E-state index in [0.29, 0.717) is 24.9 Å². The number of aliphatic carboxylic acids is 1. The Morgan fingerprint density at radius 1 is 1.21 bits per heavy atom. The summed E-state index contributed by atoms with van der Waals surface area (Å²) in [4.78, 5) is 29.7. The first-order chi connectivity index (χ1) is 11.5. The fourth-order valence-electron chi connectivity index (χ4n) is 3.09. The minimum Gasteiger partial charge on any atom is -0.481 e. The SMILES string of the molecule is Cc1cccc(-c2cncc(C(=O)N3CCC[C@H](C(=O)O)C3)c2)c1. The molecule has 1 atom stereocenters. The van der Waals surface area contributed by atoms with Gasteiger partial charge in [0.15, 0.2) is 0 Å². The van der Waals surface area contributed by atoms with Crippen LogP contribution in [0.1, 0.15) is 28.8 Å². The topological polar surface area (TPSA) is 70.5 Å². The van der Waals surface area contributed by atoms with E-state index < -0.39 is 11.9 Å². The summed E-state index contributed by atoms with van der Waals surface area (Å²) in [6, 6.07) is 9.85. The van der Waals surface area contributed by atoms with E-state index >= 15 is 0 Å². The molecular formula is C19H20N2O3. The number of hydrogen-bond donors (Lipinski definition) is 1. The van der Waals surface area contributed by atoms with Crippen LogP contribution in [0.4, 0.5) is 0 Å². The van der Waals surface area contributed by atoms with Crippen molar-refractivity contribution in [2.45, 2.75) is 19.8 Å². The molecule has 0 aliphatic carbocycles. The summed E-state index contributed by atoms with van der Waals surface area (Å²) in [6.07, 6.45) is 4.63. The highest BCUT2D eigenvalue weighted by Gasteiger charge is 2.28. The third-order valence-electron chi connectivity index (χ3n) is 4.39. The van der Waals surface area contributed by atoms with Gasteiger partial charge in [-0.15, -0.1) is 0 Å². The summed E-state index contributed by atoms with van der Waals surface area (Å²) in [5.74, 6) is -1.46. The maximum Gasteiger partial charge on any atom is 0.308 e. The smallest absolute Gasteiger partial charge is 0.308 e. The van der Waals surface area contributed by atoms with Crippen molar-refractivity contribution >= 4 is 11.9 Å². The number of pyridine rings is 1. The maximum absolute atomic E-state index is 12.7. The van der Waals surface area contributed by atoms with Gasteiger partial charge in [-0.25, -0.2) is 0 Å². The van der Waals surface area contributed by atoms with Crippen LogP contribution in [0.5, 0.6) is 0 Å². The molecule has 124 valence electrons. The first kappa shape index (κ1) is 16.2. The number of carbonyl (C=O) groups is 2. The van der Waals surface area contributed by atoms with Crippen molar-refractivity contribution < 1.29 is 14.7 Å². The van der Waals surface area contributed by atoms with E-state index in [2.05, 4.69) is 4.98 Å². The van der Waals surface area contributed by atoms with Crippen LogP contribution in [0.2, 0.25) is 0 Å². The largest absolute Gasteiger partial charge is 0.481 e. The van der Waals surface area contributed by atoms with E-state index in [9.17, 15) is 14.7 Å². The number of carboxylic acids is 1. The normalized spacial score (nSPS) is 17.5. The predicted molar refractivity (Wildman–Crippen MR) is 90.7 cm³/mol. The third kappa shape index (κ3) is 3.45. The van der Waals surface area contributed by atoms with Gasteiger partial charge in [0.1, 0.15) is 0 Å². The minimum absolute atomic E-state index is 0.150. The summed E-state index contributed by atoms with van der Waals surface area (Å²) < 4.78 is 0. The number of carbonyl (C=O) groups excluding carboxylic acids is 1. The fraction of sp³-hybridized carbons (Fsp3) is 0.316. The summed E-state index contributed by atoms with van der Waals surface area (Å²) >= 11 is 0. The molecule has 1 aliphatic rings. The van der Waals surface area contributed by atoms with Crippen LogP contribution in [-0.2, 0) is 4.79 Å². The molecule has 1 amide bonds. The van der Waals surface area contributed by atoms with Crippen molar-refractivity contribution in [2.24, 2.45) is 5.92 Å². The maximum atomic E-state index is 12.7. The second kappa shape index (κ2) is 6.83. The number of likely N-dealkylation sites (tertiary alicyclic amines) is 1. The lowest BCUT2D eigenvalue weighted by molar-refractivity contribution is -0.143. The van der Waals surface area contributed by atoms with E-state index in [1.54, 1.807) is 17.3 Å². The van der Waals surface area contributed by atoms with Crippen LogP contribution in [0.15, 0.2) is 42.7 Å². The molecular weight excluding hydrogens is 304 g/mol. The molecule has 1 aliphatic heterocycles. The Morgan fingerprint density at radius 2 is 2.04 bits per heavy atom. The van der Waals surface area contributed by atoms with Crippen molar-refractivity contribution in [1.29, 1.82) is 0 Å². The molecule has 1 aromatic heterocycles. The molecule has 0 unspecified atom stereocenters. The van der Waals surface area contributed by atoms with Crippen LogP contribution in [0.25, 0.3) is 11.1 Å². The number of aryl methyl sites for hydroxylation is 1. The van der Waals surface area contributed by atoms with Crippen LogP contribution in [-0.4, -0.2) is 40.0 Å². The number of hydrogen-bond acceptors (Lipinski definition) is 3. The van der Waals surface area contributed by atoms with E-state index in [1.807, 2.05) is 37.3 Å². The molecule has 1 fully saturated rings. The van der Waals surface area contributed by atoms with Crippen LogP contribution < -0.4 is 0 Å². The lowest BCUT2D eigenvalue weighted by atomic mass is 9.97. The molecule has 2 heterocycles. The number of rotatable bonds is 3. The lowest BCUT2D eigenvalue weighted by Gasteiger charge is -2.30. The van der Waals surface area contributed by atoms with Gasteiger partial charge in [-0.3, -0.25) is 14.6 Å². The number of amides is 1. The highest BCUT2D eigenvalue weighted by atomic mass is 16.4. The number of aromatic nitrogens is 1. The zero-order valence-corrected chi connectivity index (χ0v) is 13.6. The Balaban J connectivity index is 1.83. The minimum atomic E-state index is -0.834. The van der Waals surface area contributed by atoms with Gasteiger partial charge in [-0.2, -0.15) is 0 Å². The van der Waals surface area contributed by atoms with Gasteiger partial charge >= 0.3 is 5.97 Å². The predicted octanol–water partition coefficient (Wildman–Crippen LogP) is 2.99. The quantitative estimate of drug-likeness (QED) is 0.942. The summed E-state index contributed by atoms with van der Waals surface area (Å²) in [5, 5.41) is 9.18. The van der Waals surface area contributed by atoms with Crippen LogP contribution in [0, 0.1) is 12.8 Å². The molecule has 0 radical (unpaired) electrons. The fourth-order valence-corrected chi connectivity index (χ4v) is 3.09. The van der Waals surface area contributed by atoms with Gasteiger partial charge in [0.05, 0.1) is 11.5 Å². The summed E-state index contributed by atoms with van der Waals surface area (Å²) in [5.41, 5.74) is 3.54. The van der Waals surface area contributed by atoms with E-state index in [4.69, 9.17) is 0 Å². The summed E-state index contributed by atoms with van der Waals surface area (Å²) in [7, 11) is 0. The number of benzene rings is 1. The van der Waals surface area contributed by atoms with Crippen LogP contribution >= 0.6 is 0 Å². The van der Waals surface area contributed by atoms with Crippen molar-refractivity contribution in [2.75, 3.05) is 13.1 Å². The molecule has 1 N–H and O–H groups in total. The molecule has 3 rings (SSSR count).